The summed E-state index contributed by atoms with van der Waals surface area (Å²) in [6.07, 6.45) is 0.953. The molecule has 2 rings (SSSR count). The Morgan fingerprint density at radius 3 is 2.56 bits per heavy atom. The third-order valence-electron chi connectivity index (χ3n) is 3.08. The van der Waals surface area contributed by atoms with Gasteiger partial charge in [-0.1, -0.05) is 6.92 Å². The normalized spacial score (nSPS) is 10.4. The lowest BCUT2D eigenvalue weighted by molar-refractivity contribution is 0.800. The maximum atomic E-state index is 9.00. The van der Waals surface area contributed by atoms with Gasteiger partial charge in [0, 0.05) is 17.5 Å². The predicted molar refractivity (Wildman–Crippen MR) is 69.7 cm³/mol. The summed E-state index contributed by atoms with van der Waals surface area (Å²) >= 11 is 0. The SMILES string of the molecule is CCc1c(C)nn(-c2cc(C#N)cc(C)n2)c1C. The Kier molecular flexibility index (Phi) is 3.15. The van der Waals surface area contributed by atoms with E-state index in [1.807, 2.05) is 25.5 Å². The van der Waals surface area contributed by atoms with Gasteiger partial charge in [0.05, 0.1) is 17.3 Å². The third-order valence-corrected chi connectivity index (χ3v) is 3.08. The Balaban J connectivity index is 2.63. The second kappa shape index (κ2) is 4.61. The van der Waals surface area contributed by atoms with E-state index in [-0.39, 0.29) is 0 Å². The van der Waals surface area contributed by atoms with Gasteiger partial charge in [0.1, 0.15) is 0 Å². The zero-order valence-corrected chi connectivity index (χ0v) is 11.2. The summed E-state index contributed by atoms with van der Waals surface area (Å²) in [7, 11) is 0. The zero-order valence-electron chi connectivity index (χ0n) is 11.2. The molecule has 0 aliphatic carbocycles. The fourth-order valence-corrected chi connectivity index (χ4v) is 2.23. The van der Waals surface area contributed by atoms with Gasteiger partial charge in [-0.3, -0.25) is 0 Å². The predicted octanol–water partition coefficient (Wildman–Crippen LogP) is 2.63. The van der Waals surface area contributed by atoms with E-state index in [1.54, 1.807) is 12.1 Å². The first-order valence-corrected chi connectivity index (χ1v) is 6.01. The average molecular weight is 240 g/mol. The smallest absolute Gasteiger partial charge is 0.155 e. The van der Waals surface area contributed by atoms with Crippen LogP contribution in [0.25, 0.3) is 5.82 Å². The van der Waals surface area contributed by atoms with E-state index in [2.05, 4.69) is 23.1 Å². The van der Waals surface area contributed by atoms with Crippen molar-refractivity contribution in [3.05, 3.63) is 40.3 Å². The number of hydrogen-bond acceptors (Lipinski definition) is 3. The van der Waals surface area contributed by atoms with Crippen LogP contribution in [0.1, 0.15) is 35.1 Å². The third kappa shape index (κ3) is 2.00. The van der Waals surface area contributed by atoms with Crippen molar-refractivity contribution in [2.24, 2.45) is 0 Å². The van der Waals surface area contributed by atoms with E-state index in [1.165, 1.54) is 5.56 Å². The highest BCUT2D eigenvalue weighted by atomic mass is 15.3. The molecule has 0 N–H and O–H groups in total. The van der Waals surface area contributed by atoms with Crippen LogP contribution < -0.4 is 0 Å². The first-order chi connectivity index (χ1) is 8.56. The monoisotopic (exact) mass is 240 g/mol. The lowest BCUT2D eigenvalue weighted by atomic mass is 10.1. The topological polar surface area (TPSA) is 54.5 Å². The molecule has 0 unspecified atom stereocenters. The van der Waals surface area contributed by atoms with Crippen LogP contribution in [-0.4, -0.2) is 14.8 Å². The van der Waals surface area contributed by atoms with E-state index in [0.717, 1.165) is 23.5 Å². The van der Waals surface area contributed by atoms with Gasteiger partial charge in [-0.05, 0) is 38.8 Å². The molecule has 2 aromatic heterocycles. The Morgan fingerprint density at radius 2 is 2.00 bits per heavy atom. The average Bonchev–Trinajstić information content (AvgIpc) is 2.63. The number of rotatable bonds is 2. The number of nitrogens with zero attached hydrogens (tertiary/aromatic N) is 4. The molecule has 2 heterocycles. The van der Waals surface area contributed by atoms with Crippen molar-refractivity contribution < 1.29 is 0 Å². The molecule has 4 heteroatoms. The highest BCUT2D eigenvalue weighted by molar-refractivity contribution is 5.40. The highest BCUT2D eigenvalue weighted by Gasteiger charge is 2.12. The van der Waals surface area contributed by atoms with Gasteiger partial charge in [0.25, 0.3) is 0 Å². The summed E-state index contributed by atoms with van der Waals surface area (Å²) in [4.78, 5) is 4.45. The van der Waals surface area contributed by atoms with Gasteiger partial charge in [0.15, 0.2) is 5.82 Å². The molecule has 18 heavy (non-hydrogen) atoms. The van der Waals surface area contributed by atoms with E-state index in [9.17, 15) is 0 Å². The van der Waals surface area contributed by atoms with Gasteiger partial charge in [-0.25, -0.2) is 9.67 Å². The van der Waals surface area contributed by atoms with Crippen LogP contribution in [-0.2, 0) is 6.42 Å². The van der Waals surface area contributed by atoms with Crippen LogP contribution in [0.3, 0.4) is 0 Å². The van der Waals surface area contributed by atoms with Crippen LogP contribution in [0.5, 0.6) is 0 Å². The number of aromatic nitrogens is 3. The molecule has 92 valence electrons. The lowest BCUT2D eigenvalue weighted by Crippen LogP contribution is -2.04. The maximum Gasteiger partial charge on any atom is 0.155 e. The fourth-order valence-electron chi connectivity index (χ4n) is 2.23. The van der Waals surface area contributed by atoms with Crippen LogP contribution in [0, 0.1) is 32.1 Å². The minimum Gasteiger partial charge on any atom is -0.234 e. The number of nitriles is 1. The van der Waals surface area contributed by atoms with Gasteiger partial charge >= 0.3 is 0 Å². The molecule has 0 radical (unpaired) electrons. The van der Waals surface area contributed by atoms with Gasteiger partial charge < -0.3 is 0 Å². The summed E-state index contributed by atoms with van der Waals surface area (Å²) in [6.45, 7) is 8.04. The number of hydrogen-bond donors (Lipinski definition) is 0. The van der Waals surface area contributed by atoms with Crippen molar-refractivity contribution in [3.8, 4) is 11.9 Å². The first kappa shape index (κ1) is 12.3. The molecule has 0 saturated carbocycles. The molecular weight excluding hydrogens is 224 g/mol. The Labute approximate surface area is 107 Å². The van der Waals surface area contributed by atoms with Crippen LogP contribution in [0.15, 0.2) is 12.1 Å². The summed E-state index contributed by atoms with van der Waals surface area (Å²) in [5.74, 6) is 0.715. The minimum atomic E-state index is 0.614. The molecule has 4 nitrogen and oxygen atoms in total. The molecule has 0 fully saturated rings. The standard InChI is InChI=1S/C14H16N4/c1-5-13-10(3)17-18(11(13)4)14-7-12(8-15)6-9(2)16-14/h6-7H,5H2,1-4H3. The van der Waals surface area contributed by atoms with Gasteiger partial charge in [-0.15, -0.1) is 0 Å². The second-order valence-corrected chi connectivity index (χ2v) is 4.38. The van der Waals surface area contributed by atoms with Crippen molar-refractivity contribution >= 4 is 0 Å². The summed E-state index contributed by atoms with van der Waals surface area (Å²) < 4.78 is 1.82. The van der Waals surface area contributed by atoms with Crippen LogP contribution in [0.4, 0.5) is 0 Å². The van der Waals surface area contributed by atoms with E-state index in [0.29, 0.717) is 11.4 Å². The van der Waals surface area contributed by atoms with Crippen molar-refractivity contribution in [2.75, 3.05) is 0 Å². The molecular formula is C14H16N4. The summed E-state index contributed by atoms with van der Waals surface area (Å²) in [6, 6.07) is 5.70. The van der Waals surface area contributed by atoms with E-state index < -0.39 is 0 Å². The fraction of sp³-hybridized carbons (Fsp3) is 0.357. The Morgan fingerprint density at radius 1 is 1.28 bits per heavy atom. The first-order valence-electron chi connectivity index (χ1n) is 6.01. The van der Waals surface area contributed by atoms with Crippen molar-refractivity contribution in [1.82, 2.24) is 14.8 Å². The van der Waals surface area contributed by atoms with Crippen LogP contribution >= 0.6 is 0 Å². The molecule has 0 aliphatic heterocycles. The minimum absolute atomic E-state index is 0.614. The van der Waals surface area contributed by atoms with Crippen molar-refractivity contribution in [3.63, 3.8) is 0 Å². The highest BCUT2D eigenvalue weighted by Crippen LogP contribution is 2.18. The second-order valence-electron chi connectivity index (χ2n) is 4.38. The van der Waals surface area contributed by atoms with Crippen LogP contribution in [0.2, 0.25) is 0 Å². The Bertz CT molecular complexity index is 632. The van der Waals surface area contributed by atoms with Crippen molar-refractivity contribution in [1.29, 1.82) is 5.26 Å². The Hall–Kier alpha value is -2.15. The summed E-state index contributed by atoms with van der Waals surface area (Å²) in [5.41, 5.74) is 4.81. The zero-order chi connectivity index (χ0) is 13.3. The molecule has 2 aromatic rings. The molecule has 0 saturated heterocycles. The molecule has 0 aliphatic rings. The summed E-state index contributed by atoms with van der Waals surface area (Å²) in [5, 5.41) is 13.5. The maximum absolute atomic E-state index is 9.00. The van der Waals surface area contributed by atoms with E-state index in [4.69, 9.17) is 5.26 Å². The van der Waals surface area contributed by atoms with Crippen molar-refractivity contribution in [2.45, 2.75) is 34.1 Å². The quantitative estimate of drug-likeness (QED) is 0.810. The molecule has 0 spiro atoms. The molecule has 0 bridgehead atoms. The number of pyridine rings is 1. The van der Waals surface area contributed by atoms with E-state index >= 15 is 0 Å². The largest absolute Gasteiger partial charge is 0.234 e. The van der Waals surface area contributed by atoms with Gasteiger partial charge in [0.2, 0.25) is 0 Å². The lowest BCUT2D eigenvalue weighted by Gasteiger charge is -2.05. The van der Waals surface area contributed by atoms with Gasteiger partial charge in [-0.2, -0.15) is 10.4 Å². The molecule has 0 aromatic carbocycles. The number of aryl methyl sites for hydroxylation is 2. The molecule has 0 atom stereocenters. The molecule has 0 amide bonds.